The summed E-state index contributed by atoms with van der Waals surface area (Å²) in [6.45, 7) is 1.47. The Morgan fingerprint density at radius 3 is 2.95 bits per heavy atom. The summed E-state index contributed by atoms with van der Waals surface area (Å²) in [6.07, 6.45) is 6.32. The smallest absolute Gasteiger partial charge is 0.244 e. The third kappa shape index (κ3) is 3.47. The molecular weight excluding hydrogens is 276 g/mol. The summed E-state index contributed by atoms with van der Waals surface area (Å²) in [5.41, 5.74) is 0.560. The lowest BCUT2D eigenvalue weighted by molar-refractivity contribution is 0.187. The average molecular weight is 298 g/mol. The molecule has 1 aliphatic rings. The highest BCUT2D eigenvalue weighted by Crippen LogP contribution is 2.19. The highest BCUT2D eigenvalue weighted by molar-refractivity contribution is 7.89. The van der Waals surface area contributed by atoms with Crippen LogP contribution in [0.25, 0.3) is 0 Å². The van der Waals surface area contributed by atoms with Crippen molar-refractivity contribution < 1.29 is 8.42 Å². The van der Waals surface area contributed by atoms with Crippen LogP contribution in [-0.2, 0) is 10.0 Å². The van der Waals surface area contributed by atoms with Gasteiger partial charge in [0, 0.05) is 32.0 Å². The molecule has 112 valence electrons. The SMILES string of the molecule is CNc1ccncc1S(=O)(=O)NCC1CCCCN1C. The molecule has 2 heterocycles. The molecule has 0 amide bonds. The molecule has 1 aromatic rings. The van der Waals surface area contributed by atoms with Gasteiger partial charge in [-0.05, 0) is 32.5 Å². The van der Waals surface area contributed by atoms with Crippen molar-refractivity contribution in [3.8, 4) is 0 Å². The summed E-state index contributed by atoms with van der Waals surface area (Å²) in [7, 11) is 0.213. The zero-order chi connectivity index (χ0) is 14.6. The summed E-state index contributed by atoms with van der Waals surface area (Å²) in [6, 6.07) is 1.93. The molecule has 6 nitrogen and oxygen atoms in total. The molecule has 1 aliphatic heterocycles. The summed E-state index contributed by atoms with van der Waals surface area (Å²) in [5.74, 6) is 0. The van der Waals surface area contributed by atoms with Crippen LogP contribution in [0.2, 0.25) is 0 Å². The Morgan fingerprint density at radius 1 is 1.45 bits per heavy atom. The van der Waals surface area contributed by atoms with Gasteiger partial charge in [0.2, 0.25) is 10.0 Å². The van der Waals surface area contributed by atoms with E-state index in [1.807, 2.05) is 7.05 Å². The Morgan fingerprint density at radius 2 is 2.25 bits per heavy atom. The fourth-order valence-corrected chi connectivity index (χ4v) is 3.71. The number of nitrogens with one attached hydrogen (secondary N) is 2. The number of nitrogens with zero attached hydrogens (tertiary/aromatic N) is 2. The van der Waals surface area contributed by atoms with E-state index >= 15 is 0 Å². The van der Waals surface area contributed by atoms with E-state index in [0.717, 1.165) is 19.4 Å². The van der Waals surface area contributed by atoms with E-state index in [-0.39, 0.29) is 10.9 Å². The molecule has 0 bridgehead atoms. The molecule has 0 aromatic carbocycles. The molecule has 1 unspecified atom stereocenters. The Labute approximate surface area is 120 Å². The van der Waals surface area contributed by atoms with Crippen molar-refractivity contribution in [3.63, 3.8) is 0 Å². The topological polar surface area (TPSA) is 74.3 Å². The maximum absolute atomic E-state index is 12.4. The number of sulfonamides is 1. The number of likely N-dealkylation sites (tertiary alicyclic amines) is 1. The maximum atomic E-state index is 12.4. The average Bonchev–Trinajstić information content (AvgIpc) is 2.46. The molecule has 2 N–H and O–H groups in total. The summed E-state index contributed by atoms with van der Waals surface area (Å²) < 4.78 is 27.4. The molecule has 0 radical (unpaired) electrons. The molecule has 2 rings (SSSR count). The van der Waals surface area contributed by atoms with E-state index in [1.54, 1.807) is 19.3 Å². The fourth-order valence-electron chi connectivity index (χ4n) is 2.49. The second-order valence-corrected chi connectivity index (χ2v) is 6.84. The number of aromatic nitrogens is 1. The van der Waals surface area contributed by atoms with E-state index in [1.165, 1.54) is 12.6 Å². The lowest BCUT2D eigenvalue weighted by Gasteiger charge is -2.32. The minimum absolute atomic E-state index is 0.195. The Bertz CT molecular complexity index is 547. The van der Waals surface area contributed by atoms with E-state index < -0.39 is 10.0 Å². The third-order valence-corrected chi connectivity index (χ3v) is 5.22. The van der Waals surface area contributed by atoms with Crippen LogP contribution in [0.1, 0.15) is 19.3 Å². The number of anilines is 1. The highest BCUT2D eigenvalue weighted by atomic mass is 32.2. The van der Waals surface area contributed by atoms with E-state index in [2.05, 4.69) is 19.9 Å². The molecule has 1 saturated heterocycles. The van der Waals surface area contributed by atoms with Crippen molar-refractivity contribution in [2.75, 3.05) is 32.5 Å². The van der Waals surface area contributed by atoms with Gasteiger partial charge in [-0.2, -0.15) is 0 Å². The number of hydrogen-bond donors (Lipinski definition) is 2. The number of piperidine rings is 1. The van der Waals surface area contributed by atoms with E-state index in [9.17, 15) is 8.42 Å². The van der Waals surface area contributed by atoms with Crippen molar-refractivity contribution in [1.82, 2.24) is 14.6 Å². The zero-order valence-corrected chi connectivity index (χ0v) is 12.8. The van der Waals surface area contributed by atoms with Gasteiger partial charge in [0.15, 0.2) is 0 Å². The van der Waals surface area contributed by atoms with Gasteiger partial charge < -0.3 is 10.2 Å². The molecule has 0 aliphatic carbocycles. The van der Waals surface area contributed by atoms with Crippen molar-refractivity contribution >= 4 is 15.7 Å². The molecule has 0 saturated carbocycles. The predicted molar refractivity (Wildman–Crippen MR) is 79.2 cm³/mol. The van der Waals surface area contributed by atoms with Crippen LogP contribution in [0.5, 0.6) is 0 Å². The lowest BCUT2D eigenvalue weighted by atomic mass is 10.0. The quantitative estimate of drug-likeness (QED) is 0.844. The monoisotopic (exact) mass is 298 g/mol. The lowest BCUT2D eigenvalue weighted by Crippen LogP contribution is -2.44. The third-order valence-electron chi connectivity index (χ3n) is 3.77. The Hall–Kier alpha value is -1.18. The van der Waals surface area contributed by atoms with Crippen LogP contribution in [0.3, 0.4) is 0 Å². The van der Waals surface area contributed by atoms with Crippen LogP contribution in [-0.4, -0.2) is 51.5 Å². The molecule has 0 spiro atoms. The first kappa shape index (κ1) is 15.2. The Balaban J connectivity index is 2.07. The molecule has 1 atom stereocenters. The summed E-state index contributed by atoms with van der Waals surface area (Å²) >= 11 is 0. The van der Waals surface area contributed by atoms with Gasteiger partial charge in [0.1, 0.15) is 4.90 Å². The van der Waals surface area contributed by atoms with Gasteiger partial charge in [0.05, 0.1) is 5.69 Å². The number of rotatable bonds is 5. The van der Waals surface area contributed by atoms with Gasteiger partial charge in [-0.25, -0.2) is 13.1 Å². The Kier molecular flexibility index (Phi) is 4.95. The predicted octanol–water partition coefficient (Wildman–Crippen LogP) is 0.886. The highest BCUT2D eigenvalue weighted by Gasteiger charge is 2.23. The first-order valence-electron chi connectivity index (χ1n) is 6.86. The summed E-state index contributed by atoms with van der Waals surface area (Å²) in [4.78, 5) is 6.31. The molecular formula is C13H22N4O2S. The van der Waals surface area contributed by atoms with Gasteiger partial charge in [-0.3, -0.25) is 4.98 Å². The largest absolute Gasteiger partial charge is 0.387 e. The molecule has 7 heteroatoms. The van der Waals surface area contributed by atoms with Gasteiger partial charge in [-0.15, -0.1) is 0 Å². The van der Waals surface area contributed by atoms with Crippen LogP contribution >= 0.6 is 0 Å². The second kappa shape index (κ2) is 6.51. The normalized spacial score (nSPS) is 20.8. The van der Waals surface area contributed by atoms with Crippen LogP contribution in [0, 0.1) is 0 Å². The standard InChI is InChI=1S/C13H22N4O2S/c1-14-12-6-7-15-10-13(12)20(18,19)16-9-11-5-3-4-8-17(11)2/h6-7,10-11,16H,3-5,8-9H2,1-2H3,(H,14,15). The number of likely N-dealkylation sites (N-methyl/N-ethyl adjacent to an activating group) is 1. The van der Waals surface area contributed by atoms with Crippen LogP contribution in [0.15, 0.2) is 23.4 Å². The van der Waals surface area contributed by atoms with E-state index in [0.29, 0.717) is 12.2 Å². The first-order valence-corrected chi connectivity index (χ1v) is 8.34. The van der Waals surface area contributed by atoms with Gasteiger partial charge in [0.25, 0.3) is 0 Å². The molecule has 1 fully saturated rings. The number of pyridine rings is 1. The summed E-state index contributed by atoms with van der Waals surface area (Å²) in [5, 5.41) is 2.88. The second-order valence-electron chi connectivity index (χ2n) is 5.10. The zero-order valence-electron chi connectivity index (χ0n) is 12.0. The molecule has 1 aromatic heterocycles. The van der Waals surface area contributed by atoms with Crippen LogP contribution < -0.4 is 10.0 Å². The number of hydrogen-bond acceptors (Lipinski definition) is 5. The van der Waals surface area contributed by atoms with Crippen molar-refractivity contribution in [1.29, 1.82) is 0 Å². The minimum Gasteiger partial charge on any atom is -0.387 e. The van der Waals surface area contributed by atoms with Gasteiger partial charge >= 0.3 is 0 Å². The minimum atomic E-state index is -3.53. The van der Waals surface area contributed by atoms with Crippen molar-refractivity contribution in [2.45, 2.75) is 30.2 Å². The van der Waals surface area contributed by atoms with E-state index in [4.69, 9.17) is 0 Å². The van der Waals surface area contributed by atoms with Crippen molar-refractivity contribution in [3.05, 3.63) is 18.5 Å². The fraction of sp³-hybridized carbons (Fsp3) is 0.615. The van der Waals surface area contributed by atoms with Crippen LogP contribution in [0.4, 0.5) is 5.69 Å². The maximum Gasteiger partial charge on any atom is 0.244 e. The molecule has 20 heavy (non-hydrogen) atoms. The van der Waals surface area contributed by atoms with Crippen molar-refractivity contribution in [2.24, 2.45) is 0 Å². The first-order chi connectivity index (χ1) is 9.54. The van der Waals surface area contributed by atoms with Gasteiger partial charge in [-0.1, -0.05) is 6.42 Å².